The minimum absolute atomic E-state index is 0.246. The molecule has 1 atom stereocenters. The van der Waals surface area contributed by atoms with Gasteiger partial charge in [-0.15, -0.1) is 0 Å². The van der Waals surface area contributed by atoms with Gasteiger partial charge in [0.15, 0.2) is 0 Å². The van der Waals surface area contributed by atoms with E-state index in [9.17, 15) is 14.0 Å². The molecule has 3 N–H and O–H groups in total. The molecular formula is C26H32BrFN4O4. The number of nitrogens with one attached hydrogen (secondary N) is 1. The van der Waals surface area contributed by atoms with Crippen molar-refractivity contribution in [3.63, 3.8) is 0 Å². The van der Waals surface area contributed by atoms with Crippen LogP contribution in [0.3, 0.4) is 0 Å². The lowest BCUT2D eigenvalue weighted by atomic mass is 10.1. The Morgan fingerprint density at radius 2 is 1.92 bits per heavy atom. The Morgan fingerprint density at radius 1 is 1.22 bits per heavy atom. The number of anilines is 1. The van der Waals surface area contributed by atoms with Gasteiger partial charge < -0.3 is 24.7 Å². The van der Waals surface area contributed by atoms with Gasteiger partial charge in [-0.1, -0.05) is 15.9 Å². The number of rotatable bonds is 6. The standard InChI is InChI=1S/C26H32BrFN4O4/c1-26(2,3)36-25(34)32-13-5-6-20(16-32)35-23-12-11-19(14-21(23)22(15-27)31(4)29)30-24(33)17-7-9-18(28)10-8-17/h7-12,14-15,20H,5-6,13,16,29H2,1-4H3,(H,30,33)/b22-15+. The number of hydrogen-bond acceptors (Lipinski definition) is 6. The summed E-state index contributed by atoms with van der Waals surface area (Å²) in [4.78, 5) is 28.5. The van der Waals surface area contributed by atoms with E-state index in [-0.39, 0.29) is 18.1 Å². The highest BCUT2D eigenvalue weighted by Crippen LogP contribution is 2.33. The Morgan fingerprint density at radius 3 is 2.53 bits per heavy atom. The van der Waals surface area contributed by atoms with Gasteiger partial charge in [0.2, 0.25) is 0 Å². The van der Waals surface area contributed by atoms with Crippen LogP contribution in [0.4, 0.5) is 14.9 Å². The van der Waals surface area contributed by atoms with E-state index >= 15 is 0 Å². The summed E-state index contributed by atoms with van der Waals surface area (Å²) in [6.45, 7) is 6.51. The zero-order valence-electron chi connectivity index (χ0n) is 20.9. The van der Waals surface area contributed by atoms with Gasteiger partial charge in [0.1, 0.15) is 23.3 Å². The number of benzene rings is 2. The van der Waals surface area contributed by atoms with Crippen LogP contribution in [-0.2, 0) is 4.74 Å². The molecule has 0 aliphatic carbocycles. The molecule has 2 aromatic rings. The molecule has 10 heteroatoms. The van der Waals surface area contributed by atoms with Crippen LogP contribution in [0.1, 0.15) is 49.5 Å². The van der Waals surface area contributed by atoms with Crippen molar-refractivity contribution >= 4 is 39.3 Å². The summed E-state index contributed by atoms with van der Waals surface area (Å²) in [5.41, 5.74) is 1.52. The zero-order valence-corrected chi connectivity index (χ0v) is 22.5. The Balaban J connectivity index is 1.81. The maximum atomic E-state index is 13.2. The van der Waals surface area contributed by atoms with E-state index in [0.29, 0.717) is 41.4 Å². The number of nitrogens with two attached hydrogens (primary N) is 1. The lowest BCUT2D eigenvalue weighted by Gasteiger charge is -2.34. The molecule has 1 saturated heterocycles. The number of piperidine rings is 1. The number of hydrazine groups is 1. The van der Waals surface area contributed by atoms with E-state index in [1.165, 1.54) is 29.3 Å². The zero-order chi connectivity index (χ0) is 26.5. The van der Waals surface area contributed by atoms with E-state index in [4.69, 9.17) is 15.3 Å². The van der Waals surface area contributed by atoms with Crippen LogP contribution in [0.25, 0.3) is 5.70 Å². The molecule has 1 aliphatic heterocycles. The second-order valence-electron chi connectivity index (χ2n) is 9.59. The minimum Gasteiger partial charge on any atom is -0.488 e. The predicted octanol–water partition coefficient (Wildman–Crippen LogP) is 5.36. The third-order valence-corrected chi connectivity index (χ3v) is 5.86. The molecule has 8 nitrogen and oxygen atoms in total. The van der Waals surface area contributed by atoms with Crippen LogP contribution < -0.4 is 15.9 Å². The molecule has 1 aliphatic rings. The summed E-state index contributed by atoms with van der Waals surface area (Å²) in [6.07, 6.45) is 0.943. The first-order valence-corrected chi connectivity index (χ1v) is 12.5. The van der Waals surface area contributed by atoms with Crippen molar-refractivity contribution in [2.45, 2.75) is 45.3 Å². The second-order valence-corrected chi connectivity index (χ2v) is 10.0. The quantitative estimate of drug-likeness (QED) is 0.363. The number of hydrogen-bond donors (Lipinski definition) is 2. The van der Waals surface area contributed by atoms with Crippen molar-refractivity contribution in [1.29, 1.82) is 0 Å². The maximum absolute atomic E-state index is 13.2. The summed E-state index contributed by atoms with van der Waals surface area (Å²) in [6, 6.07) is 10.5. The monoisotopic (exact) mass is 562 g/mol. The average molecular weight is 563 g/mol. The number of carbonyl (C=O) groups excluding carboxylic acids is 2. The summed E-state index contributed by atoms with van der Waals surface area (Å²) >= 11 is 3.36. The fourth-order valence-electron chi connectivity index (χ4n) is 3.75. The van der Waals surface area contributed by atoms with Crippen molar-refractivity contribution in [3.8, 4) is 5.75 Å². The van der Waals surface area contributed by atoms with Crippen LogP contribution in [0, 0.1) is 5.82 Å². The van der Waals surface area contributed by atoms with Gasteiger partial charge in [0, 0.05) is 35.4 Å². The highest BCUT2D eigenvalue weighted by molar-refractivity contribution is 9.11. The van der Waals surface area contributed by atoms with Gasteiger partial charge in [0.25, 0.3) is 5.91 Å². The topological polar surface area (TPSA) is 97.1 Å². The van der Waals surface area contributed by atoms with E-state index in [1.54, 1.807) is 35.1 Å². The SMILES string of the molecule is CN(N)/C(=C/Br)c1cc(NC(=O)c2ccc(F)cc2)ccc1OC1CCCN(C(=O)OC(C)(C)C)C1. The van der Waals surface area contributed by atoms with Crippen LogP contribution >= 0.6 is 15.9 Å². The fourth-order valence-corrected chi connectivity index (χ4v) is 4.32. The third-order valence-electron chi connectivity index (χ3n) is 5.43. The lowest BCUT2D eigenvalue weighted by molar-refractivity contribution is 0.00772. The number of likely N-dealkylation sites (tertiary alicyclic amines) is 1. The van der Waals surface area contributed by atoms with Crippen molar-refractivity contribution < 1.29 is 23.5 Å². The van der Waals surface area contributed by atoms with Crippen molar-refractivity contribution in [2.24, 2.45) is 5.84 Å². The highest BCUT2D eigenvalue weighted by atomic mass is 79.9. The number of halogens is 2. The Kier molecular flexibility index (Phi) is 8.97. The largest absolute Gasteiger partial charge is 0.488 e. The molecule has 1 heterocycles. The first-order chi connectivity index (χ1) is 17.0. The van der Waals surface area contributed by atoms with E-state index < -0.39 is 11.4 Å². The van der Waals surface area contributed by atoms with Gasteiger partial charge in [-0.25, -0.2) is 15.0 Å². The summed E-state index contributed by atoms with van der Waals surface area (Å²) in [7, 11) is 1.69. The second kappa shape index (κ2) is 11.7. The van der Waals surface area contributed by atoms with Gasteiger partial charge >= 0.3 is 6.09 Å². The van der Waals surface area contributed by atoms with E-state index in [0.717, 1.165) is 12.8 Å². The average Bonchev–Trinajstić information content (AvgIpc) is 2.80. The first kappa shape index (κ1) is 27.5. The molecule has 0 spiro atoms. The van der Waals surface area contributed by atoms with Crippen LogP contribution in [0.15, 0.2) is 47.4 Å². The number of carbonyl (C=O) groups is 2. The summed E-state index contributed by atoms with van der Waals surface area (Å²) in [5.74, 6) is 5.81. The van der Waals surface area contributed by atoms with Gasteiger partial charge in [-0.05, 0) is 76.1 Å². The number of ether oxygens (including phenoxy) is 2. The molecule has 194 valence electrons. The van der Waals surface area contributed by atoms with Crippen LogP contribution in [0.2, 0.25) is 0 Å². The van der Waals surface area contributed by atoms with Gasteiger partial charge in [-0.3, -0.25) is 4.79 Å². The predicted molar refractivity (Wildman–Crippen MR) is 141 cm³/mol. The number of amides is 2. The van der Waals surface area contributed by atoms with E-state index in [1.807, 2.05) is 20.8 Å². The normalized spacial score (nSPS) is 16.4. The molecule has 2 aromatic carbocycles. The molecular weight excluding hydrogens is 531 g/mol. The smallest absolute Gasteiger partial charge is 0.410 e. The number of nitrogens with zero attached hydrogens (tertiary/aromatic N) is 2. The molecule has 1 unspecified atom stereocenters. The molecule has 3 rings (SSSR count). The van der Waals surface area contributed by atoms with E-state index in [2.05, 4.69) is 21.2 Å². The van der Waals surface area contributed by atoms with Crippen LogP contribution in [-0.4, -0.2) is 53.8 Å². The molecule has 0 saturated carbocycles. The summed E-state index contributed by atoms with van der Waals surface area (Å²) in [5, 5.41) is 4.25. The van der Waals surface area contributed by atoms with Crippen molar-refractivity contribution in [3.05, 3.63) is 64.4 Å². The Labute approximate surface area is 219 Å². The molecule has 0 radical (unpaired) electrons. The van der Waals surface area contributed by atoms with Crippen molar-refractivity contribution in [2.75, 3.05) is 25.5 Å². The molecule has 1 fully saturated rings. The maximum Gasteiger partial charge on any atom is 0.410 e. The Hall–Kier alpha value is -3.11. The summed E-state index contributed by atoms with van der Waals surface area (Å²) < 4.78 is 25.1. The Bertz CT molecular complexity index is 1120. The molecule has 2 amide bonds. The third kappa shape index (κ3) is 7.44. The first-order valence-electron chi connectivity index (χ1n) is 11.6. The highest BCUT2D eigenvalue weighted by Gasteiger charge is 2.29. The molecule has 0 aromatic heterocycles. The van der Waals surface area contributed by atoms with Crippen LogP contribution in [0.5, 0.6) is 5.75 Å². The van der Waals surface area contributed by atoms with Gasteiger partial charge in [0.05, 0.1) is 12.2 Å². The molecule has 36 heavy (non-hydrogen) atoms. The minimum atomic E-state index is -0.576. The molecule has 0 bridgehead atoms. The lowest BCUT2D eigenvalue weighted by Crippen LogP contribution is -2.46. The van der Waals surface area contributed by atoms with Crippen molar-refractivity contribution in [1.82, 2.24) is 9.91 Å². The fraction of sp³-hybridized carbons (Fsp3) is 0.385. The van der Waals surface area contributed by atoms with Gasteiger partial charge in [-0.2, -0.15) is 0 Å².